The Balaban J connectivity index is 2.04. The molecule has 3 rings (SSSR count). The molecule has 0 bridgehead atoms. The zero-order valence-electron chi connectivity index (χ0n) is 16.6. The van der Waals surface area contributed by atoms with Gasteiger partial charge in [-0.2, -0.15) is 0 Å². The van der Waals surface area contributed by atoms with Crippen molar-refractivity contribution in [3.8, 4) is 17.6 Å². The van der Waals surface area contributed by atoms with Crippen LogP contribution in [0.25, 0.3) is 6.08 Å². The number of anilines is 1. The fourth-order valence-electron chi connectivity index (χ4n) is 3.06. The highest BCUT2D eigenvalue weighted by molar-refractivity contribution is 6.05. The Morgan fingerprint density at radius 1 is 1.07 bits per heavy atom. The van der Waals surface area contributed by atoms with E-state index in [2.05, 4.69) is 18.8 Å². The molecule has 5 nitrogen and oxygen atoms in total. The molecule has 1 aliphatic rings. The Morgan fingerprint density at radius 3 is 2.52 bits per heavy atom. The van der Waals surface area contributed by atoms with Gasteiger partial charge in [-0.25, -0.2) is 9.59 Å². The summed E-state index contributed by atoms with van der Waals surface area (Å²) in [6.07, 6.45) is 3.77. The van der Waals surface area contributed by atoms with E-state index in [1.165, 1.54) is 12.0 Å². The van der Waals surface area contributed by atoms with Gasteiger partial charge in [0.1, 0.15) is 11.8 Å². The zero-order valence-corrected chi connectivity index (χ0v) is 16.6. The molecule has 0 saturated heterocycles. The number of ether oxygens (including phenoxy) is 2. The van der Waals surface area contributed by atoms with Crippen molar-refractivity contribution in [2.45, 2.75) is 32.2 Å². The van der Waals surface area contributed by atoms with Crippen molar-refractivity contribution in [1.82, 2.24) is 0 Å². The summed E-state index contributed by atoms with van der Waals surface area (Å²) >= 11 is 0. The van der Waals surface area contributed by atoms with Crippen LogP contribution >= 0.6 is 0 Å². The largest absolute Gasteiger partial charge is 0.466 e. The van der Waals surface area contributed by atoms with E-state index in [9.17, 15) is 9.59 Å². The standard InChI is InChI=1S/C24H23NO4/c1-3-4-5-9-16-22-20(23(26)28-2)17-18-12-10-11-15-21(18)25(22)24(27)29-19-13-7-6-8-14-19/h6-8,10-15,17,22H,3-5H2,1-2H3. The maximum Gasteiger partial charge on any atom is 0.421 e. The SMILES string of the molecule is CCCCC#CC1C(C(=O)OC)=Cc2ccccc2N1C(=O)Oc1ccccc1. The van der Waals surface area contributed by atoms with Gasteiger partial charge in [-0.3, -0.25) is 4.90 Å². The summed E-state index contributed by atoms with van der Waals surface area (Å²) < 4.78 is 10.5. The molecule has 0 aromatic heterocycles. The number of nitrogens with zero attached hydrogens (tertiary/aromatic N) is 1. The number of methoxy groups -OCH3 is 1. The number of amides is 1. The molecule has 2 aromatic rings. The number of fused-ring (bicyclic) bond motifs is 1. The minimum atomic E-state index is -0.787. The summed E-state index contributed by atoms with van der Waals surface area (Å²) in [6.45, 7) is 2.09. The average Bonchev–Trinajstić information content (AvgIpc) is 2.76. The van der Waals surface area contributed by atoms with Crippen LogP contribution in [0.1, 0.15) is 31.7 Å². The van der Waals surface area contributed by atoms with E-state index in [0.29, 0.717) is 23.4 Å². The predicted molar refractivity (Wildman–Crippen MR) is 112 cm³/mol. The molecule has 0 radical (unpaired) electrons. The molecule has 29 heavy (non-hydrogen) atoms. The molecule has 1 heterocycles. The van der Waals surface area contributed by atoms with Gasteiger partial charge >= 0.3 is 12.1 Å². The van der Waals surface area contributed by atoms with Crippen LogP contribution in [0.15, 0.2) is 60.2 Å². The molecular weight excluding hydrogens is 366 g/mol. The normalized spacial score (nSPS) is 14.8. The van der Waals surface area contributed by atoms with Crippen LogP contribution in [0, 0.1) is 11.8 Å². The average molecular weight is 389 g/mol. The van der Waals surface area contributed by atoms with Gasteiger partial charge in [0, 0.05) is 6.42 Å². The van der Waals surface area contributed by atoms with E-state index >= 15 is 0 Å². The highest BCUT2D eigenvalue weighted by atomic mass is 16.6. The number of esters is 1. The Labute approximate surface area is 170 Å². The monoisotopic (exact) mass is 389 g/mol. The van der Waals surface area contributed by atoms with Crippen molar-refractivity contribution in [3.63, 3.8) is 0 Å². The third kappa shape index (κ3) is 4.67. The topological polar surface area (TPSA) is 55.8 Å². The number of hydrogen-bond acceptors (Lipinski definition) is 4. The van der Waals surface area contributed by atoms with Crippen molar-refractivity contribution in [1.29, 1.82) is 0 Å². The third-order valence-corrected chi connectivity index (χ3v) is 4.52. The second kappa shape index (κ2) is 9.61. The lowest BCUT2D eigenvalue weighted by Crippen LogP contribution is -2.46. The first-order chi connectivity index (χ1) is 14.2. The van der Waals surface area contributed by atoms with E-state index < -0.39 is 18.1 Å². The predicted octanol–water partition coefficient (Wildman–Crippen LogP) is 4.82. The van der Waals surface area contributed by atoms with Crippen molar-refractivity contribution in [2.75, 3.05) is 12.0 Å². The molecule has 1 atom stereocenters. The molecule has 1 unspecified atom stereocenters. The number of unbranched alkanes of at least 4 members (excludes halogenated alkanes) is 2. The Hall–Kier alpha value is -3.52. The first-order valence-electron chi connectivity index (χ1n) is 9.59. The minimum absolute atomic E-state index is 0.306. The lowest BCUT2D eigenvalue weighted by molar-refractivity contribution is -0.136. The number of hydrogen-bond donors (Lipinski definition) is 0. The van der Waals surface area contributed by atoms with E-state index in [1.54, 1.807) is 30.3 Å². The first kappa shape index (κ1) is 20.2. The lowest BCUT2D eigenvalue weighted by atomic mass is 9.95. The fourth-order valence-corrected chi connectivity index (χ4v) is 3.06. The number of rotatable bonds is 4. The van der Waals surface area contributed by atoms with Crippen LogP contribution < -0.4 is 9.64 Å². The summed E-state index contributed by atoms with van der Waals surface area (Å²) in [7, 11) is 1.32. The molecule has 2 aromatic carbocycles. The van der Waals surface area contributed by atoms with Crippen molar-refractivity contribution >= 4 is 23.8 Å². The van der Waals surface area contributed by atoms with Crippen LogP contribution in [0.5, 0.6) is 5.75 Å². The van der Waals surface area contributed by atoms with E-state index in [0.717, 1.165) is 18.4 Å². The lowest BCUT2D eigenvalue weighted by Gasteiger charge is -2.33. The van der Waals surface area contributed by atoms with Gasteiger partial charge < -0.3 is 9.47 Å². The smallest absolute Gasteiger partial charge is 0.421 e. The molecular formula is C24H23NO4. The van der Waals surface area contributed by atoms with Crippen LogP contribution in [-0.4, -0.2) is 25.2 Å². The molecule has 0 aliphatic carbocycles. The second-order valence-electron chi connectivity index (χ2n) is 6.53. The highest BCUT2D eigenvalue weighted by Gasteiger charge is 2.36. The Bertz CT molecular complexity index is 969. The van der Waals surface area contributed by atoms with Gasteiger partial charge in [0.15, 0.2) is 0 Å². The molecule has 1 aliphatic heterocycles. The summed E-state index contributed by atoms with van der Waals surface area (Å²) in [5.74, 6) is 6.08. The molecule has 0 spiro atoms. The summed E-state index contributed by atoms with van der Waals surface area (Å²) in [5.41, 5.74) is 1.67. The van der Waals surface area contributed by atoms with Gasteiger partial charge in [0.2, 0.25) is 0 Å². The van der Waals surface area contributed by atoms with Crippen LogP contribution in [0.3, 0.4) is 0 Å². The van der Waals surface area contributed by atoms with E-state index in [4.69, 9.17) is 9.47 Å². The summed E-state index contributed by atoms with van der Waals surface area (Å²) in [4.78, 5) is 27.0. The van der Waals surface area contributed by atoms with Crippen molar-refractivity contribution < 1.29 is 19.1 Å². The molecule has 0 fully saturated rings. The summed E-state index contributed by atoms with van der Waals surface area (Å²) in [5, 5.41) is 0. The van der Waals surface area contributed by atoms with Crippen LogP contribution in [-0.2, 0) is 9.53 Å². The molecule has 1 amide bonds. The van der Waals surface area contributed by atoms with Crippen LogP contribution in [0.4, 0.5) is 10.5 Å². The Kier molecular flexibility index (Phi) is 6.70. The highest BCUT2D eigenvalue weighted by Crippen LogP contribution is 2.34. The summed E-state index contributed by atoms with van der Waals surface area (Å²) in [6, 6.07) is 15.4. The van der Waals surface area contributed by atoms with Crippen LogP contribution in [0.2, 0.25) is 0 Å². The van der Waals surface area contributed by atoms with E-state index in [-0.39, 0.29) is 0 Å². The molecule has 148 valence electrons. The molecule has 5 heteroatoms. The third-order valence-electron chi connectivity index (χ3n) is 4.52. The van der Waals surface area contributed by atoms with Gasteiger partial charge in [-0.1, -0.05) is 55.7 Å². The van der Waals surface area contributed by atoms with Gasteiger partial charge in [-0.15, -0.1) is 5.92 Å². The fraction of sp³-hybridized carbons (Fsp3) is 0.250. The molecule has 0 N–H and O–H groups in total. The van der Waals surface area contributed by atoms with E-state index in [1.807, 2.05) is 30.3 Å². The Morgan fingerprint density at radius 2 is 1.79 bits per heavy atom. The van der Waals surface area contributed by atoms with Gasteiger partial charge in [0.25, 0.3) is 0 Å². The maximum absolute atomic E-state index is 13.1. The van der Waals surface area contributed by atoms with Gasteiger partial charge in [0.05, 0.1) is 18.4 Å². The second-order valence-corrected chi connectivity index (χ2v) is 6.53. The first-order valence-corrected chi connectivity index (χ1v) is 9.59. The number of para-hydroxylation sites is 2. The quantitative estimate of drug-likeness (QED) is 0.427. The van der Waals surface area contributed by atoms with Gasteiger partial charge in [-0.05, 0) is 36.3 Å². The van der Waals surface area contributed by atoms with Crippen molar-refractivity contribution in [2.24, 2.45) is 0 Å². The number of benzene rings is 2. The minimum Gasteiger partial charge on any atom is -0.466 e. The van der Waals surface area contributed by atoms with Crippen molar-refractivity contribution in [3.05, 3.63) is 65.7 Å². The maximum atomic E-state index is 13.1. The zero-order chi connectivity index (χ0) is 20.6. The molecule has 0 saturated carbocycles. The number of carbonyl (C=O) groups excluding carboxylic acids is 2. The number of carbonyl (C=O) groups is 2.